The summed E-state index contributed by atoms with van der Waals surface area (Å²) >= 11 is 0. The van der Waals surface area contributed by atoms with Crippen molar-refractivity contribution in [3.05, 3.63) is 41.8 Å². The molecule has 22 heavy (non-hydrogen) atoms. The molecule has 7 heteroatoms. The van der Waals surface area contributed by atoms with Gasteiger partial charge in [0.05, 0.1) is 4.90 Å². The van der Waals surface area contributed by atoms with E-state index in [-0.39, 0.29) is 16.6 Å². The molecular formula is C15H18N2O4S. The van der Waals surface area contributed by atoms with E-state index in [9.17, 15) is 13.2 Å². The third kappa shape index (κ3) is 3.36. The fourth-order valence-corrected chi connectivity index (χ4v) is 3.00. The van der Waals surface area contributed by atoms with Crippen molar-refractivity contribution in [2.75, 3.05) is 4.72 Å². The van der Waals surface area contributed by atoms with E-state index in [1.54, 1.807) is 13.8 Å². The van der Waals surface area contributed by atoms with E-state index in [1.165, 1.54) is 30.5 Å². The third-order valence-electron chi connectivity index (χ3n) is 3.20. The van der Waals surface area contributed by atoms with E-state index in [0.29, 0.717) is 23.4 Å². The van der Waals surface area contributed by atoms with Crippen LogP contribution in [0.4, 0.5) is 5.69 Å². The smallest absolute Gasteiger partial charge is 0.262 e. The molecule has 0 aliphatic carbocycles. The molecule has 2 aromatic rings. The van der Waals surface area contributed by atoms with E-state index >= 15 is 0 Å². The normalized spacial score (nSPS) is 11.6. The SMILES string of the molecule is CCc1nocc1NS(=O)(=O)c1ccc(C(=O)C(C)C)cc1. The summed E-state index contributed by atoms with van der Waals surface area (Å²) in [4.78, 5) is 11.9. The van der Waals surface area contributed by atoms with Crippen molar-refractivity contribution in [3.8, 4) is 0 Å². The minimum absolute atomic E-state index is 0.0239. The molecule has 0 saturated carbocycles. The number of ketones is 1. The fourth-order valence-electron chi connectivity index (χ4n) is 1.93. The average molecular weight is 322 g/mol. The second-order valence-corrected chi connectivity index (χ2v) is 6.86. The van der Waals surface area contributed by atoms with Gasteiger partial charge < -0.3 is 4.52 Å². The largest absolute Gasteiger partial charge is 0.362 e. The number of aromatic nitrogens is 1. The molecule has 0 aliphatic rings. The van der Waals surface area contributed by atoms with Gasteiger partial charge in [0.15, 0.2) is 5.78 Å². The first-order chi connectivity index (χ1) is 10.3. The van der Waals surface area contributed by atoms with Gasteiger partial charge in [0.1, 0.15) is 17.6 Å². The van der Waals surface area contributed by atoms with Crippen molar-refractivity contribution >= 4 is 21.5 Å². The molecule has 1 heterocycles. The number of carbonyl (C=O) groups excluding carboxylic acids is 1. The van der Waals surface area contributed by atoms with Gasteiger partial charge in [-0.3, -0.25) is 9.52 Å². The zero-order valence-electron chi connectivity index (χ0n) is 12.7. The first-order valence-electron chi connectivity index (χ1n) is 6.95. The Bertz CT molecular complexity index is 761. The molecule has 118 valence electrons. The highest BCUT2D eigenvalue weighted by Gasteiger charge is 2.18. The number of nitrogens with zero attached hydrogens (tertiary/aromatic N) is 1. The maximum Gasteiger partial charge on any atom is 0.262 e. The molecule has 1 aromatic carbocycles. The van der Waals surface area contributed by atoms with Crippen molar-refractivity contribution in [2.24, 2.45) is 5.92 Å². The van der Waals surface area contributed by atoms with Gasteiger partial charge in [-0.2, -0.15) is 0 Å². The number of hydrogen-bond donors (Lipinski definition) is 1. The number of rotatable bonds is 6. The second kappa shape index (κ2) is 6.31. The summed E-state index contributed by atoms with van der Waals surface area (Å²) < 4.78 is 31.8. The van der Waals surface area contributed by atoms with E-state index < -0.39 is 10.0 Å². The number of benzene rings is 1. The molecule has 0 spiro atoms. The molecule has 0 atom stereocenters. The van der Waals surface area contributed by atoms with Crippen LogP contribution in [0.5, 0.6) is 0 Å². The molecule has 0 radical (unpaired) electrons. The topological polar surface area (TPSA) is 89.3 Å². The predicted molar refractivity (Wildman–Crippen MR) is 82.3 cm³/mol. The van der Waals surface area contributed by atoms with Crippen molar-refractivity contribution in [1.29, 1.82) is 0 Å². The molecular weight excluding hydrogens is 304 g/mol. The van der Waals surface area contributed by atoms with E-state index in [2.05, 4.69) is 9.88 Å². The van der Waals surface area contributed by atoms with Crippen molar-refractivity contribution in [2.45, 2.75) is 32.1 Å². The number of carbonyl (C=O) groups is 1. The summed E-state index contributed by atoms with van der Waals surface area (Å²) in [6.45, 7) is 5.45. The number of aryl methyl sites for hydroxylation is 1. The lowest BCUT2D eigenvalue weighted by Crippen LogP contribution is -2.14. The Morgan fingerprint density at radius 2 is 1.91 bits per heavy atom. The Labute approximate surface area is 129 Å². The van der Waals surface area contributed by atoms with Gasteiger partial charge >= 0.3 is 0 Å². The van der Waals surface area contributed by atoms with Gasteiger partial charge in [0, 0.05) is 11.5 Å². The van der Waals surface area contributed by atoms with E-state index in [0.717, 1.165) is 0 Å². The van der Waals surface area contributed by atoms with Crippen LogP contribution in [-0.2, 0) is 16.4 Å². The van der Waals surface area contributed by atoms with Gasteiger partial charge in [-0.05, 0) is 18.6 Å². The van der Waals surface area contributed by atoms with Crippen LogP contribution in [0, 0.1) is 5.92 Å². The Kier molecular flexibility index (Phi) is 4.65. The summed E-state index contributed by atoms with van der Waals surface area (Å²) in [5.41, 5.74) is 1.35. The van der Waals surface area contributed by atoms with Crippen LogP contribution >= 0.6 is 0 Å². The lowest BCUT2D eigenvalue weighted by atomic mass is 10.0. The Morgan fingerprint density at radius 3 is 2.45 bits per heavy atom. The summed E-state index contributed by atoms with van der Waals surface area (Å²) in [7, 11) is -3.74. The van der Waals surface area contributed by atoms with Crippen LogP contribution in [0.15, 0.2) is 39.9 Å². The van der Waals surface area contributed by atoms with Crippen LogP contribution in [-0.4, -0.2) is 19.4 Å². The highest BCUT2D eigenvalue weighted by atomic mass is 32.2. The van der Waals surface area contributed by atoms with Crippen LogP contribution in [0.1, 0.15) is 36.8 Å². The fraction of sp³-hybridized carbons (Fsp3) is 0.333. The number of nitrogens with one attached hydrogen (secondary N) is 1. The lowest BCUT2D eigenvalue weighted by molar-refractivity contribution is 0.0939. The van der Waals surface area contributed by atoms with Crippen molar-refractivity contribution in [1.82, 2.24) is 5.16 Å². The summed E-state index contributed by atoms with van der Waals surface area (Å²) in [5, 5.41) is 3.72. The average Bonchev–Trinajstić information content (AvgIpc) is 2.93. The molecule has 2 rings (SSSR count). The lowest BCUT2D eigenvalue weighted by Gasteiger charge is -2.08. The van der Waals surface area contributed by atoms with Gasteiger partial charge in [0.25, 0.3) is 10.0 Å². The number of sulfonamides is 1. The summed E-state index contributed by atoms with van der Waals surface area (Å²) in [6, 6.07) is 5.87. The molecule has 0 fully saturated rings. The van der Waals surface area contributed by atoms with Crippen LogP contribution < -0.4 is 4.72 Å². The molecule has 1 N–H and O–H groups in total. The highest BCUT2D eigenvalue weighted by Crippen LogP contribution is 2.20. The summed E-state index contributed by atoms with van der Waals surface area (Å²) in [6.07, 6.45) is 1.81. The molecule has 0 aliphatic heterocycles. The molecule has 1 aromatic heterocycles. The second-order valence-electron chi connectivity index (χ2n) is 5.18. The maximum atomic E-state index is 12.3. The van der Waals surface area contributed by atoms with E-state index in [4.69, 9.17) is 4.52 Å². The van der Waals surface area contributed by atoms with Gasteiger partial charge in [-0.25, -0.2) is 8.42 Å². The number of Topliss-reactive ketones (excluding diaryl/α,β-unsaturated/α-hetero) is 1. The van der Waals surface area contributed by atoms with Crippen LogP contribution in [0.25, 0.3) is 0 Å². The highest BCUT2D eigenvalue weighted by molar-refractivity contribution is 7.92. The van der Waals surface area contributed by atoms with Gasteiger partial charge in [-0.1, -0.05) is 38.1 Å². The minimum Gasteiger partial charge on any atom is -0.362 e. The van der Waals surface area contributed by atoms with Crippen molar-refractivity contribution in [3.63, 3.8) is 0 Å². The molecule has 0 unspecified atom stereocenters. The molecule has 0 bridgehead atoms. The monoisotopic (exact) mass is 322 g/mol. The third-order valence-corrected chi connectivity index (χ3v) is 4.58. The van der Waals surface area contributed by atoms with Crippen LogP contribution in [0.2, 0.25) is 0 Å². The first-order valence-corrected chi connectivity index (χ1v) is 8.43. The standard InChI is InChI=1S/C15H18N2O4S/c1-4-13-14(9-21-16-13)17-22(19,20)12-7-5-11(6-8-12)15(18)10(2)3/h5-10,17H,4H2,1-3H3. The Balaban J connectivity index is 2.25. The Hall–Kier alpha value is -2.15. The first kappa shape index (κ1) is 16.2. The molecule has 0 saturated heterocycles. The number of hydrogen-bond acceptors (Lipinski definition) is 5. The molecule has 6 nitrogen and oxygen atoms in total. The maximum absolute atomic E-state index is 12.3. The minimum atomic E-state index is -3.74. The van der Waals surface area contributed by atoms with Crippen LogP contribution in [0.3, 0.4) is 0 Å². The summed E-state index contributed by atoms with van der Waals surface area (Å²) in [5.74, 6) is -0.158. The van der Waals surface area contributed by atoms with Crippen molar-refractivity contribution < 1.29 is 17.7 Å². The van der Waals surface area contributed by atoms with E-state index in [1.807, 2.05) is 6.92 Å². The Morgan fingerprint density at radius 1 is 1.27 bits per heavy atom. The van der Waals surface area contributed by atoms with Gasteiger partial charge in [-0.15, -0.1) is 0 Å². The number of anilines is 1. The van der Waals surface area contributed by atoms with Gasteiger partial charge in [0.2, 0.25) is 0 Å². The quantitative estimate of drug-likeness (QED) is 0.826. The zero-order valence-corrected chi connectivity index (χ0v) is 13.5. The molecule has 0 amide bonds. The zero-order chi connectivity index (χ0) is 16.3. The predicted octanol–water partition coefficient (Wildman–Crippen LogP) is 2.88.